The highest BCUT2D eigenvalue weighted by atomic mass is 35.5. The van der Waals surface area contributed by atoms with Crippen LogP contribution in [0.3, 0.4) is 0 Å². The number of nitrogens with zero attached hydrogens (tertiary/aromatic N) is 1. The number of piperidine rings is 1. The zero-order valence-corrected chi connectivity index (χ0v) is 21.1. The molecule has 3 aromatic rings. The standard InChI is InChI=1S/C25H25ClF3N3O4S/c26-15-2-4-20(34)18(10-15)21-17-9-14(25(27,28)29)1-3-19(17)31-24(36)22(21)37-12-16(33)11-32-7-5-13(6-8-32)23(30)35/h1-4,9-10,13,16,33-34H,5-8,11-12H2,(H2,30,35)(H,31,36). The van der Waals surface area contributed by atoms with E-state index in [4.69, 9.17) is 17.3 Å². The summed E-state index contributed by atoms with van der Waals surface area (Å²) in [5.41, 5.74) is 4.25. The first-order valence-electron chi connectivity index (χ1n) is 11.5. The summed E-state index contributed by atoms with van der Waals surface area (Å²) in [5.74, 6) is -0.712. The van der Waals surface area contributed by atoms with Gasteiger partial charge in [0.15, 0.2) is 0 Å². The molecule has 37 heavy (non-hydrogen) atoms. The van der Waals surface area contributed by atoms with E-state index in [-0.39, 0.29) is 55.3 Å². The normalized spacial score (nSPS) is 16.2. The number of likely N-dealkylation sites (tertiary alicyclic amines) is 1. The maximum atomic E-state index is 13.5. The number of nitrogens with one attached hydrogen (secondary N) is 1. The summed E-state index contributed by atoms with van der Waals surface area (Å²) in [7, 11) is 0. The third kappa shape index (κ3) is 6.23. The van der Waals surface area contributed by atoms with E-state index in [1.165, 1.54) is 24.3 Å². The number of pyridine rings is 1. The Morgan fingerprint density at radius 3 is 2.57 bits per heavy atom. The zero-order valence-electron chi connectivity index (χ0n) is 19.5. The smallest absolute Gasteiger partial charge is 0.416 e. The minimum Gasteiger partial charge on any atom is -0.507 e. The summed E-state index contributed by atoms with van der Waals surface area (Å²) >= 11 is 7.10. The van der Waals surface area contributed by atoms with E-state index < -0.39 is 23.4 Å². The van der Waals surface area contributed by atoms with E-state index in [1.807, 2.05) is 4.90 Å². The number of phenols is 1. The Morgan fingerprint density at radius 2 is 1.92 bits per heavy atom. The van der Waals surface area contributed by atoms with Crippen LogP contribution in [0.1, 0.15) is 18.4 Å². The van der Waals surface area contributed by atoms with Gasteiger partial charge in [-0.3, -0.25) is 9.59 Å². The fraction of sp³-hybridized carbons (Fsp3) is 0.360. The number of carbonyl (C=O) groups is 1. The van der Waals surface area contributed by atoms with Gasteiger partial charge in [-0.1, -0.05) is 11.6 Å². The number of alkyl halides is 3. The first-order valence-corrected chi connectivity index (χ1v) is 12.9. The molecule has 1 atom stereocenters. The van der Waals surface area contributed by atoms with Crippen molar-refractivity contribution in [1.82, 2.24) is 9.88 Å². The molecule has 1 aliphatic heterocycles. The van der Waals surface area contributed by atoms with Crippen molar-refractivity contribution in [3.05, 3.63) is 57.3 Å². The summed E-state index contributed by atoms with van der Waals surface area (Å²) in [6.45, 7) is 1.47. The lowest BCUT2D eigenvalue weighted by molar-refractivity contribution is -0.137. The predicted molar refractivity (Wildman–Crippen MR) is 137 cm³/mol. The number of phenolic OH excluding ortho intramolecular Hbond substituents is 1. The van der Waals surface area contributed by atoms with Gasteiger partial charge < -0.3 is 25.8 Å². The predicted octanol–water partition coefficient (Wildman–Crippen LogP) is 4.22. The monoisotopic (exact) mass is 555 g/mol. The van der Waals surface area contributed by atoms with Gasteiger partial charge in [-0.2, -0.15) is 13.2 Å². The number of rotatable bonds is 7. The molecule has 0 radical (unpaired) electrons. The highest BCUT2D eigenvalue weighted by molar-refractivity contribution is 7.99. The molecule has 7 nitrogen and oxygen atoms in total. The van der Waals surface area contributed by atoms with Gasteiger partial charge in [-0.05, 0) is 62.3 Å². The Morgan fingerprint density at radius 1 is 1.22 bits per heavy atom. The van der Waals surface area contributed by atoms with Gasteiger partial charge >= 0.3 is 6.18 Å². The molecule has 1 amide bonds. The molecule has 5 N–H and O–H groups in total. The number of thioether (sulfide) groups is 1. The number of halogens is 4. The van der Waals surface area contributed by atoms with Crippen LogP contribution in [-0.4, -0.2) is 57.5 Å². The molecule has 4 rings (SSSR count). The van der Waals surface area contributed by atoms with E-state index in [0.29, 0.717) is 32.5 Å². The molecule has 1 aromatic heterocycles. The maximum Gasteiger partial charge on any atom is 0.416 e. The summed E-state index contributed by atoms with van der Waals surface area (Å²) < 4.78 is 40.5. The Bertz CT molecular complexity index is 1370. The molecule has 0 bridgehead atoms. The third-order valence-electron chi connectivity index (χ3n) is 6.40. The lowest BCUT2D eigenvalue weighted by Gasteiger charge is -2.31. The lowest BCUT2D eigenvalue weighted by Crippen LogP contribution is -2.42. The number of aromatic amines is 1. The first kappa shape index (κ1) is 27.3. The number of primary amides is 1. The van der Waals surface area contributed by atoms with E-state index in [0.717, 1.165) is 23.9 Å². The second-order valence-corrected chi connectivity index (χ2v) is 10.5. The van der Waals surface area contributed by atoms with E-state index in [2.05, 4.69) is 4.98 Å². The van der Waals surface area contributed by atoms with Crippen molar-refractivity contribution in [1.29, 1.82) is 0 Å². The van der Waals surface area contributed by atoms with Crippen LogP contribution < -0.4 is 11.3 Å². The van der Waals surface area contributed by atoms with Crippen LogP contribution in [0.15, 0.2) is 46.1 Å². The number of β-amino-alcohol motifs (C(OH)–C–C–N with tert-alkyl or cyclic N) is 1. The summed E-state index contributed by atoms with van der Waals surface area (Å²) in [6.07, 6.45) is -4.30. The number of carbonyl (C=O) groups excluding carboxylic acids is 1. The number of hydrogen-bond donors (Lipinski definition) is 4. The van der Waals surface area contributed by atoms with Crippen LogP contribution >= 0.6 is 23.4 Å². The molecule has 1 aliphatic rings. The van der Waals surface area contributed by atoms with Crippen LogP contribution in [0.25, 0.3) is 22.0 Å². The molecule has 0 aliphatic carbocycles. The van der Waals surface area contributed by atoms with Crippen molar-refractivity contribution in [3.8, 4) is 16.9 Å². The highest BCUT2D eigenvalue weighted by Gasteiger charge is 2.31. The Balaban J connectivity index is 1.68. The van der Waals surface area contributed by atoms with E-state index in [9.17, 15) is 33.0 Å². The Hall–Kier alpha value is -2.73. The number of nitrogens with two attached hydrogens (primary N) is 1. The molecule has 1 saturated heterocycles. The lowest BCUT2D eigenvalue weighted by atomic mass is 9.96. The molecule has 198 valence electrons. The number of H-pyrrole nitrogens is 1. The van der Waals surface area contributed by atoms with Crippen LogP contribution in [-0.2, 0) is 11.0 Å². The molecule has 0 spiro atoms. The maximum absolute atomic E-state index is 13.5. The molecule has 2 aromatic carbocycles. The minimum absolute atomic E-state index is 0.0517. The number of aliphatic hydroxyl groups is 1. The number of benzene rings is 2. The van der Waals surface area contributed by atoms with Gasteiger partial charge in [-0.15, -0.1) is 11.8 Å². The van der Waals surface area contributed by atoms with Gasteiger partial charge in [0.2, 0.25) is 5.91 Å². The van der Waals surface area contributed by atoms with Gasteiger partial charge in [0, 0.05) is 45.3 Å². The largest absolute Gasteiger partial charge is 0.507 e. The highest BCUT2D eigenvalue weighted by Crippen LogP contribution is 2.42. The molecular weight excluding hydrogens is 531 g/mol. The number of hydrogen-bond acceptors (Lipinski definition) is 6. The van der Waals surface area contributed by atoms with Gasteiger partial charge in [0.05, 0.1) is 16.6 Å². The van der Waals surface area contributed by atoms with Crippen molar-refractivity contribution in [2.24, 2.45) is 11.7 Å². The topological polar surface area (TPSA) is 120 Å². The minimum atomic E-state index is -4.62. The Labute approximate surface area is 219 Å². The average Bonchev–Trinajstić information content (AvgIpc) is 2.83. The van der Waals surface area contributed by atoms with Gasteiger partial charge in [0.1, 0.15) is 5.75 Å². The second kappa shape index (κ2) is 10.9. The van der Waals surface area contributed by atoms with E-state index in [1.54, 1.807) is 0 Å². The molecule has 2 heterocycles. The third-order valence-corrected chi connectivity index (χ3v) is 7.87. The summed E-state index contributed by atoms with van der Waals surface area (Å²) in [4.78, 5) is 29.1. The second-order valence-electron chi connectivity index (χ2n) is 9.02. The fourth-order valence-electron chi connectivity index (χ4n) is 4.50. The van der Waals surface area contributed by atoms with Crippen molar-refractivity contribution in [2.75, 3.05) is 25.4 Å². The molecule has 12 heteroatoms. The number of aromatic hydroxyl groups is 1. The molecule has 1 fully saturated rings. The van der Waals surface area contributed by atoms with Crippen LogP contribution in [0.5, 0.6) is 5.75 Å². The summed E-state index contributed by atoms with van der Waals surface area (Å²) in [6, 6.07) is 7.08. The van der Waals surface area contributed by atoms with Crippen molar-refractivity contribution in [3.63, 3.8) is 0 Å². The van der Waals surface area contributed by atoms with Crippen molar-refractivity contribution in [2.45, 2.75) is 30.0 Å². The van der Waals surface area contributed by atoms with Crippen molar-refractivity contribution >= 4 is 40.2 Å². The first-order chi connectivity index (χ1) is 17.4. The SMILES string of the molecule is NC(=O)C1CCN(CC(O)CSc2c(-c3cc(Cl)ccc3O)c3cc(C(F)(F)F)ccc3[nH]c2=O)CC1. The van der Waals surface area contributed by atoms with Crippen molar-refractivity contribution < 1.29 is 28.2 Å². The van der Waals surface area contributed by atoms with Crippen LogP contribution in [0.2, 0.25) is 5.02 Å². The molecule has 0 saturated carbocycles. The van der Waals surface area contributed by atoms with E-state index >= 15 is 0 Å². The number of aromatic nitrogens is 1. The zero-order chi connectivity index (χ0) is 26.9. The average molecular weight is 556 g/mol. The number of amides is 1. The molecule has 1 unspecified atom stereocenters. The fourth-order valence-corrected chi connectivity index (χ4v) is 5.68. The van der Waals surface area contributed by atoms with Gasteiger partial charge in [-0.25, -0.2) is 0 Å². The Kier molecular flexibility index (Phi) is 8.08. The van der Waals surface area contributed by atoms with Crippen LogP contribution in [0, 0.1) is 5.92 Å². The number of aliphatic hydroxyl groups excluding tert-OH is 1. The summed E-state index contributed by atoms with van der Waals surface area (Å²) in [5, 5.41) is 21.5. The quantitative estimate of drug-likeness (QED) is 0.324. The van der Waals surface area contributed by atoms with Crippen LogP contribution in [0.4, 0.5) is 13.2 Å². The molecular formula is C25H25ClF3N3O4S. The number of fused-ring (bicyclic) bond motifs is 1. The van der Waals surface area contributed by atoms with Gasteiger partial charge in [0.25, 0.3) is 5.56 Å².